The van der Waals surface area contributed by atoms with Crippen LogP contribution in [-0.2, 0) is 0 Å². The molecule has 20 heavy (non-hydrogen) atoms. The molecule has 0 rings (SSSR count). The maximum atomic E-state index is 4.15. The summed E-state index contributed by atoms with van der Waals surface area (Å²) >= 11 is 0. The Morgan fingerprint density at radius 3 is 1.95 bits per heavy atom. The third-order valence-electron chi connectivity index (χ3n) is 3.28. The topological polar surface area (TPSA) is 24.7 Å². The molecule has 2 heteroatoms. The summed E-state index contributed by atoms with van der Waals surface area (Å²) in [6.07, 6.45) is 6.70. The van der Waals surface area contributed by atoms with Crippen molar-refractivity contribution in [1.82, 2.24) is 0 Å². The Labute approximate surface area is 123 Å². The molecule has 0 radical (unpaired) electrons. The first-order chi connectivity index (χ1) is 9.38. The molecule has 0 bridgehead atoms. The van der Waals surface area contributed by atoms with Gasteiger partial charge in [0.05, 0.1) is 11.4 Å². The van der Waals surface area contributed by atoms with E-state index in [0.717, 1.165) is 11.1 Å². The maximum absolute atomic E-state index is 4.15. The molecule has 0 aliphatic rings. The number of allylic oxidation sites excluding steroid dienone is 7. The van der Waals surface area contributed by atoms with E-state index in [0.29, 0.717) is 11.4 Å². The molecular formula is C18H24N2. The summed E-state index contributed by atoms with van der Waals surface area (Å²) in [5.41, 5.74) is 3.12. The van der Waals surface area contributed by atoms with Crippen molar-refractivity contribution >= 4 is 0 Å². The van der Waals surface area contributed by atoms with E-state index in [1.54, 1.807) is 24.3 Å². The zero-order valence-corrected chi connectivity index (χ0v) is 12.6. The maximum Gasteiger partial charge on any atom is 0.0850 e. The van der Waals surface area contributed by atoms with Crippen molar-refractivity contribution in [3.8, 4) is 0 Å². The summed E-state index contributed by atoms with van der Waals surface area (Å²) in [6.45, 7) is 27.0. The number of hydrogen-bond acceptors (Lipinski definition) is 2. The average Bonchev–Trinajstić information content (AvgIpc) is 2.47. The second kappa shape index (κ2) is 8.81. The molecule has 0 aromatic rings. The summed E-state index contributed by atoms with van der Waals surface area (Å²) in [7, 11) is 0. The molecule has 0 fully saturated rings. The average molecular weight is 268 g/mol. The van der Waals surface area contributed by atoms with E-state index in [9.17, 15) is 0 Å². The smallest absolute Gasteiger partial charge is 0.0850 e. The molecule has 0 spiro atoms. The van der Waals surface area contributed by atoms with Crippen LogP contribution in [0.1, 0.15) is 13.8 Å². The van der Waals surface area contributed by atoms with E-state index in [1.807, 2.05) is 6.92 Å². The third-order valence-corrected chi connectivity index (χ3v) is 3.28. The summed E-state index contributed by atoms with van der Waals surface area (Å²) < 4.78 is 0. The molecule has 2 nitrogen and oxygen atoms in total. The minimum absolute atomic E-state index is 0.109. The lowest BCUT2D eigenvalue weighted by Crippen LogP contribution is -2.12. The second-order valence-corrected chi connectivity index (χ2v) is 4.55. The monoisotopic (exact) mass is 268 g/mol. The van der Waals surface area contributed by atoms with Crippen molar-refractivity contribution in [2.24, 2.45) is 22.1 Å². The van der Waals surface area contributed by atoms with Crippen LogP contribution in [0.3, 0.4) is 0 Å². The minimum atomic E-state index is 0.109. The molecule has 0 N–H and O–H groups in total. The fraction of sp³-hybridized carbons (Fsp3) is 0.222. The Morgan fingerprint density at radius 2 is 1.50 bits per heavy atom. The number of rotatable bonds is 9. The summed E-state index contributed by atoms with van der Waals surface area (Å²) in [6, 6.07) is 0. The standard InChI is InChI=1S/C18H24N2/c1-9-12-18(11-3)20-19-17(8)16(7)15(6)14(5)13(4)10-2/h9-12,15-16H,1-5,8H2,6-7H3/b18-12+,20-19?/t15-,16?/m1/s1. The molecule has 0 amide bonds. The predicted octanol–water partition coefficient (Wildman–Crippen LogP) is 5.78. The Kier molecular flexibility index (Phi) is 7.83. The molecule has 0 heterocycles. The summed E-state index contributed by atoms with van der Waals surface area (Å²) in [4.78, 5) is 0. The van der Waals surface area contributed by atoms with Gasteiger partial charge >= 0.3 is 0 Å². The Morgan fingerprint density at radius 1 is 0.900 bits per heavy atom. The van der Waals surface area contributed by atoms with E-state index in [-0.39, 0.29) is 11.8 Å². The van der Waals surface area contributed by atoms with Crippen LogP contribution in [0, 0.1) is 11.8 Å². The first kappa shape index (κ1) is 17.8. The minimum Gasteiger partial charge on any atom is -0.155 e. The molecule has 0 saturated carbocycles. The third kappa shape index (κ3) is 5.19. The Balaban J connectivity index is 4.90. The zero-order valence-electron chi connectivity index (χ0n) is 12.6. The van der Waals surface area contributed by atoms with Gasteiger partial charge in [0.25, 0.3) is 0 Å². The normalized spacial score (nSPS) is 14.4. The predicted molar refractivity (Wildman–Crippen MR) is 89.3 cm³/mol. The van der Waals surface area contributed by atoms with Crippen LogP contribution in [0.25, 0.3) is 0 Å². The van der Waals surface area contributed by atoms with Gasteiger partial charge in [0.2, 0.25) is 0 Å². The molecule has 0 saturated heterocycles. The molecule has 106 valence electrons. The van der Waals surface area contributed by atoms with Crippen molar-refractivity contribution in [3.63, 3.8) is 0 Å². The van der Waals surface area contributed by atoms with Gasteiger partial charge in [-0.25, -0.2) is 0 Å². The van der Waals surface area contributed by atoms with Gasteiger partial charge in [-0.2, -0.15) is 10.2 Å². The van der Waals surface area contributed by atoms with Gasteiger partial charge in [0, 0.05) is 5.92 Å². The highest BCUT2D eigenvalue weighted by Gasteiger charge is 2.19. The summed E-state index contributed by atoms with van der Waals surface area (Å²) in [5.74, 6) is 0.278. The highest BCUT2D eigenvalue weighted by molar-refractivity contribution is 5.36. The number of nitrogens with zero attached hydrogens (tertiary/aromatic N) is 2. The van der Waals surface area contributed by atoms with E-state index in [2.05, 4.69) is 56.6 Å². The highest BCUT2D eigenvalue weighted by atomic mass is 15.1. The fourth-order valence-corrected chi connectivity index (χ4v) is 1.49. The van der Waals surface area contributed by atoms with Crippen LogP contribution >= 0.6 is 0 Å². The zero-order chi connectivity index (χ0) is 15.7. The van der Waals surface area contributed by atoms with Crippen LogP contribution in [-0.4, -0.2) is 0 Å². The van der Waals surface area contributed by atoms with Crippen LogP contribution in [0.15, 0.2) is 96.5 Å². The molecule has 0 aromatic heterocycles. The van der Waals surface area contributed by atoms with Gasteiger partial charge in [-0.1, -0.05) is 65.5 Å². The van der Waals surface area contributed by atoms with E-state index in [1.165, 1.54) is 0 Å². The van der Waals surface area contributed by atoms with Crippen molar-refractivity contribution in [2.75, 3.05) is 0 Å². The lowest BCUT2D eigenvalue weighted by molar-refractivity contribution is 0.504. The number of hydrogen-bond donors (Lipinski definition) is 0. The molecular weight excluding hydrogens is 244 g/mol. The highest BCUT2D eigenvalue weighted by Crippen LogP contribution is 2.29. The van der Waals surface area contributed by atoms with Gasteiger partial charge in [0.1, 0.15) is 0 Å². The van der Waals surface area contributed by atoms with Crippen LogP contribution in [0.2, 0.25) is 0 Å². The molecule has 0 aliphatic heterocycles. The largest absolute Gasteiger partial charge is 0.155 e. The van der Waals surface area contributed by atoms with E-state index < -0.39 is 0 Å². The van der Waals surface area contributed by atoms with Crippen LogP contribution in [0.4, 0.5) is 0 Å². The van der Waals surface area contributed by atoms with Gasteiger partial charge in [0.15, 0.2) is 0 Å². The van der Waals surface area contributed by atoms with Crippen molar-refractivity contribution in [2.45, 2.75) is 13.8 Å². The van der Waals surface area contributed by atoms with Crippen molar-refractivity contribution in [1.29, 1.82) is 0 Å². The van der Waals surface area contributed by atoms with Gasteiger partial charge in [-0.3, -0.25) is 0 Å². The second-order valence-electron chi connectivity index (χ2n) is 4.55. The molecule has 1 unspecified atom stereocenters. The van der Waals surface area contributed by atoms with E-state index >= 15 is 0 Å². The van der Waals surface area contributed by atoms with Crippen LogP contribution in [0.5, 0.6) is 0 Å². The Hall–Kier alpha value is -2.22. The van der Waals surface area contributed by atoms with Gasteiger partial charge < -0.3 is 0 Å². The van der Waals surface area contributed by atoms with Gasteiger partial charge in [-0.05, 0) is 29.2 Å². The molecule has 0 aromatic carbocycles. The van der Waals surface area contributed by atoms with Gasteiger partial charge in [-0.15, -0.1) is 0 Å². The molecule has 0 aliphatic carbocycles. The van der Waals surface area contributed by atoms with Crippen LogP contribution < -0.4 is 0 Å². The SMILES string of the molecule is C=C/C=C(\C=C)N=NC(=C)C(C)[C@H](C)C(=C)C(=C)C=C. The summed E-state index contributed by atoms with van der Waals surface area (Å²) in [5, 5.41) is 8.23. The lowest BCUT2D eigenvalue weighted by Gasteiger charge is -2.22. The first-order valence-corrected chi connectivity index (χ1v) is 6.45. The fourth-order valence-electron chi connectivity index (χ4n) is 1.49. The quantitative estimate of drug-likeness (QED) is 0.374. The Bertz CT molecular complexity index is 490. The number of azo groups is 1. The first-order valence-electron chi connectivity index (χ1n) is 6.45. The van der Waals surface area contributed by atoms with Crippen molar-refractivity contribution in [3.05, 3.63) is 86.3 Å². The lowest BCUT2D eigenvalue weighted by atomic mass is 9.84. The van der Waals surface area contributed by atoms with E-state index in [4.69, 9.17) is 0 Å². The molecule has 2 atom stereocenters. The van der Waals surface area contributed by atoms with Crippen molar-refractivity contribution < 1.29 is 0 Å².